The molecule has 0 heterocycles. The number of fused-ring (bicyclic) bond motifs is 8. The first-order valence-corrected chi connectivity index (χ1v) is 52.9. The zero-order chi connectivity index (χ0) is 103. The molecule has 0 spiro atoms. The second kappa shape index (κ2) is 111. The standard InChI is InChI=1S/C18H14.C16H12.C14H14.C14H10.C13H10.C12H10.C10H8.C6H6.16C2H6.C2H5.4CH3.3Y/c1-3-7-15(8-4-1)17-11-13-18(14-12-17)16-9-5-2-6-10-16;1-3-11-7-9-13-5-2-6-14-10-8-12(4-1)15(11)16(13)14;2*1-2-6-12-10-14-8-4-3-7-13(14)9-11(12)5-1;1-3-7-12-10(5-1)9-11-6-2-4-8-13(11)12;1-3-7-11(8-4-1)12-9-5-2-6-10-12;1-2-6-10-8-4-3-7-9(10)5-1;1-2-4-6-5-3-1;17*1-2;;;;;;;/h1-14H;1-5,7-10,14H,6H2;1-8,11-12H,9-10H2;1-10H;1-8H,9H2;1-10H;1-8H;1-6H;16*1-2H3;1H2,2H3;4*1H3;;;/q;;;;;;;;;;;;;;;;;;;;;;;;5*-1;;;. The average molecular weight is 2160 g/mol. The van der Waals surface area contributed by atoms with E-state index >= 15 is 0 Å². The Morgan fingerprint density at radius 2 is 0.438 bits per heavy atom. The number of benzene rings is 16. The molecule has 144 heavy (non-hydrogen) atoms. The Balaban J connectivity index is -0.000000149. The smallest absolute Gasteiger partial charge is 0.00682 e. The third-order valence-electron chi connectivity index (χ3n) is 19.8. The van der Waals surface area contributed by atoms with E-state index in [0.717, 1.165) is 24.7 Å². The van der Waals surface area contributed by atoms with Crippen molar-refractivity contribution in [3.05, 3.63) is 506 Å². The number of allylic oxidation sites excluding steroid dienone is 6. The van der Waals surface area contributed by atoms with Crippen LogP contribution in [0.2, 0.25) is 0 Å². The Bertz CT molecular complexity index is 5140. The molecule has 5 aliphatic carbocycles. The van der Waals surface area contributed by atoms with Crippen molar-refractivity contribution < 1.29 is 98.1 Å². The van der Waals surface area contributed by atoms with E-state index in [9.17, 15) is 0 Å². The first-order valence-electron chi connectivity index (χ1n) is 52.9. The van der Waals surface area contributed by atoms with Crippen molar-refractivity contribution in [1.29, 1.82) is 0 Å². The van der Waals surface area contributed by atoms with Crippen molar-refractivity contribution >= 4 is 55.2 Å². The second-order valence-corrected chi connectivity index (χ2v) is 26.5. The fraction of sp³-hybridized carbons (Fsp3) is 0.284. The summed E-state index contributed by atoms with van der Waals surface area (Å²) in [6.45, 7) is 69.0. The average Bonchev–Trinajstić information content (AvgIpc) is 0.803. The Kier molecular flexibility index (Phi) is 121. The zero-order valence-corrected chi connectivity index (χ0v) is 106. The maximum absolute atomic E-state index is 3.25. The third kappa shape index (κ3) is 57.2. The number of rotatable bonds is 3. The molecule has 0 bridgehead atoms. The van der Waals surface area contributed by atoms with Gasteiger partial charge in [0.2, 0.25) is 0 Å². The summed E-state index contributed by atoms with van der Waals surface area (Å²) in [5, 5.41) is 10.7. The molecular formula is C141H197Y3-5. The van der Waals surface area contributed by atoms with E-state index in [-0.39, 0.29) is 128 Å². The van der Waals surface area contributed by atoms with Gasteiger partial charge in [-0.2, -0.15) is 6.92 Å². The normalized spacial score (nSPS) is 11.0. The van der Waals surface area contributed by atoms with E-state index in [0.29, 0.717) is 5.92 Å². The minimum Gasteiger partial charge on any atom is -0.358 e. The minimum atomic E-state index is 0. The largest absolute Gasteiger partial charge is 0.358 e. The van der Waals surface area contributed by atoms with Crippen LogP contribution < -0.4 is 0 Å². The summed E-state index contributed by atoms with van der Waals surface area (Å²) in [6, 6.07) is 138. The molecule has 16 aromatic carbocycles. The van der Waals surface area contributed by atoms with E-state index < -0.39 is 0 Å². The van der Waals surface area contributed by atoms with E-state index in [1.165, 1.54) is 128 Å². The number of hydrogen-bond donors (Lipinski definition) is 0. The van der Waals surface area contributed by atoms with Crippen LogP contribution in [0.1, 0.15) is 280 Å². The quantitative estimate of drug-likeness (QED) is 0.122. The maximum Gasteiger partial charge on any atom is 0.00682 e. The van der Waals surface area contributed by atoms with Crippen LogP contribution in [0.15, 0.2) is 431 Å². The van der Waals surface area contributed by atoms with Gasteiger partial charge in [0.05, 0.1) is 0 Å². The Morgan fingerprint density at radius 3 is 0.729 bits per heavy atom. The fourth-order valence-electron chi connectivity index (χ4n) is 14.4. The van der Waals surface area contributed by atoms with Crippen LogP contribution in [0, 0.1) is 48.5 Å². The van der Waals surface area contributed by atoms with Gasteiger partial charge in [0, 0.05) is 104 Å². The molecule has 5 aliphatic rings. The molecule has 3 atom stereocenters. The molecule has 0 fully saturated rings. The van der Waals surface area contributed by atoms with Crippen molar-refractivity contribution in [2.75, 3.05) is 0 Å². The van der Waals surface area contributed by atoms with E-state index in [1.807, 2.05) is 282 Å². The van der Waals surface area contributed by atoms with Gasteiger partial charge in [-0.15, -0.1) is 0 Å². The molecule has 3 unspecified atom stereocenters. The predicted molar refractivity (Wildman–Crippen MR) is 662 cm³/mol. The monoisotopic (exact) mass is 2160 g/mol. The van der Waals surface area contributed by atoms with Gasteiger partial charge in [0.1, 0.15) is 0 Å². The molecule has 0 aromatic heterocycles. The van der Waals surface area contributed by atoms with Crippen LogP contribution in [0.5, 0.6) is 0 Å². The van der Waals surface area contributed by atoms with Crippen LogP contribution in [-0.2, 0) is 117 Å². The molecule has 0 N–H and O–H groups in total. The molecular weight excluding hydrogens is 1960 g/mol. The topological polar surface area (TPSA) is 0 Å². The van der Waals surface area contributed by atoms with Gasteiger partial charge in [-0.05, 0) is 176 Å². The summed E-state index contributed by atoms with van der Waals surface area (Å²) in [4.78, 5) is 0. The molecule has 0 saturated heterocycles. The molecule has 0 aliphatic heterocycles. The van der Waals surface area contributed by atoms with Crippen molar-refractivity contribution in [2.24, 2.45) is 11.8 Å². The Hall–Kier alpha value is -9.17. The molecule has 21 rings (SSSR count). The van der Waals surface area contributed by atoms with Gasteiger partial charge in [0.25, 0.3) is 0 Å². The molecule has 3 heteroatoms. The molecule has 0 saturated carbocycles. The maximum atomic E-state index is 3.25. The van der Waals surface area contributed by atoms with Crippen molar-refractivity contribution in [3.8, 4) is 44.5 Å². The van der Waals surface area contributed by atoms with Gasteiger partial charge in [0.15, 0.2) is 0 Å². The Morgan fingerprint density at radius 1 is 0.201 bits per heavy atom. The van der Waals surface area contributed by atoms with Gasteiger partial charge in [-0.3, -0.25) is 0 Å². The van der Waals surface area contributed by atoms with E-state index in [2.05, 4.69) is 389 Å². The molecule has 775 valence electrons. The molecule has 3 radical (unpaired) electrons. The van der Waals surface area contributed by atoms with Crippen molar-refractivity contribution in [1.82, 2.24) is 0 Å². The summed E-state index contributed by atoms with van der Waals surface area (Å²) < 4.78 is 0. The van der Waals surface area contributed by atoms with E-state index in [4.69, 9.17) is 0 Å². The third-order valence-corrected chi connectivity index (χ3v) is 19.8. The van der Waals surface area contributed by atoms with E-state index in [1.54, 1.807) is 18.1 Å². The Labute approximate surface area is 966 Å². The van der Waals surface area contributed by atoms with Crippen LogP contribution in [0.3, 0.4) is 0 Å². The summed E-state index contributed by atoms with van der Waals surface area (Å²) in [7, 11) is 0. The SMILES string of the molecule is C1=CC2Cc3ccccc3CC2C=C1.C1=Cc2ccc3cccc4c3c2C(C=C4)C1.CC.CC.CC.CC.CC.CC.CC.CC.CC.CC.CC.CC.CC.CC.CC.CC.[CH2-]C.[CH3-].[CH3-].[CH3-].[CH3-].[Y].[Y].[Y].c1ccc(-c2ccc(-c3ccccc3)cc2)cc1.c1ccc(-c2ccccc2)cc1.c1ccc2c(c1)Cc1ccccc1-2.c1ccc2cc3ccccc3cc2c1.c1ccc2ccccc2c1.c1ccccc1. The first-order chi connectivity index (χ1) is 68.1. The molecule has 16 aromatic rings. The van der Waals surface area contributed by atoms with Crippen LogP contribution in [0.25, 0.3) is 99.7 Å². The van der Waals surface area contributed by atoms with Gasteiger partial charge in [-0.25, -0.2) is 0 Å². The summed E-state index contributed by atoms with van der Waals surface area (Å²) >= 11 is 0. The van der Waals surface area contributed by atoms with Crippen molar-refractivity contribution in [3.63, 3.8) is 0 Å². The van der Waals surface area contributed by atoms with Gasteiger partial charge >= 0.3 is 0 Å². The van der Waals surface area contributed by atoms with Crippen LogP contribution >= 0.6 is 0 Å². The molecule has 0 nitrogen and oxygen atoms in total. The van der Waals surface area contributed by atoms with Crippen molar-refractivity contribution in [2.45, 2.75) is 260 Å². The predicted octanol–water partition coefficient (Wildman–Crippen LogP) is 46.7. The van der Waals surface area contributed by atoms with Crippen LogP contribution in [0.4, 0.5) is 0 Å². The minimum absolute atomic E-state index is 0. The summed E-state index contributed by atoms with van der Waals surface area (Å²) in [5.41, 5.74) is 20.8. The second-order valence-electron chi connectivity index (χ2n) is 26.5. The van der Waals surface area contributed by atoms with Gasteiger partial charge in [-0.1, -0.05) is 652 Å². The number of hydrogen-bond acceptors (Lipinski definition) is 0. The van der Waals surface area contributed by atoms with Gasteiger partial charge < -0.3 is 36.6 Å². The zero-order valence-electron chi connectivity index (χ0n) is 97.6. The summed E-state index contributed by atoms with van der Waals surface area (Å²) in [6.07, 6.45) is 23.0. The van der Waals surface area contributed by atoms with Crippen LogP contribution in [-0.4, -0.2) is 0 Å². The summed E-state index contributed by atoms with van der Waals surface area (Å²) in [5.74, 6) is 2.09. The first kappa shape index (κ1) is 157. The fourth-order valence-corrected chi connectivity index (χ4v) is 14.4. The molecule has 0 amide bonds.